The van der Waals surface area contributed by atoms with E-state index in [9.17, 15) is 9.59 Å². The summed E-state index contributed by atoms with van der Waals surface area (Å²) in [7, 11) is 0. The molecule has 0 N–H and O–H groups in total. The van der Waals surface area contributed by atoms with Crippen molar-refractivity contribution >= 4 is 12.3 Å². The molecule has 0 spiro atoms. The third-order valence-corrected chi connectivity index (χ3v) is 3.08. The summed E-state index contributed by atoms with van der Waals surface area (Å²) < 4.78 is 6.51. The fourth-order valence-corrected chi connectivity index (χ4v) is 2.09. The SMILES string of the molecule is CCOC(=O)c1nn(CCCc2ccccc2)cc1C=O. The van der Waals surface area contributed by atoms with Gasteiger partial charge >= 0.3 is 5.97 Å². The van der Waals surface area contributed by atoms with Crippen LogP contribution in [0, 0.1) is 0 Å². The Bertz CT molecular complexity index is 605. The molecule has 1 aromatic carbocycles. The van der Waals surface area contributed by atoms with Crippen molar-refractivity contribution in [3.8, 4) is 0 Å². The van der Waals surface area contributed by atoms with Crippen molar-refractivity contribution < 1.29 is 14.3 Å². The summed E-state index contributed by atoms with van der Waals surface area (Å²) in [6, 6.07) is 10.1. The molecule has 0 unspecified atom stereocenters. The van der Waals surface area contributed by atoms with Gasteiger partial charge in [-0.2, -0.15) is 5.10 Å². The van der Waals surface area contributed by atoms with Crippen molar-refractivity contribution in [3.05, 3.63) is 53.3 Å². The maximum Gasteiger partial charge on any atom is 0.359 e. The molecule has 5 nitrogen and oxygen atoms in total. The molecule has 0 amide bonds. The van der Waals surface area contributed by atoms with E-state index >= 15 is 0 Å². The van der Waals surface area contributed by atoms with Gasteiger partial charge in [0, 0.05) is 12.7 Å². The Hall–Kier alpha value is -2.43. The third kappa shape index (κ3) is 4.02. The second kappa shape index (κ2) is 7.38. The molecule has 0 aliphatic rings. The summed E-state index contributed by atoms with van der Waals surface area (Å²) in [6.07, 6.45) is 4.02. The lowest BCUT2D eigenvalue weighted by Crippen LogP contribution is -2.09. The summed E-state index contributed by atoms with van der Waals surface area (Å²) in [5, 5.41) is 4.14. The number of carbonyl (C=O) groups excluding carboxylic acids is 2. The van der Waals surface area contributed by atoms with Crippen molar-refractivity contribution in [2.45, 2.75) is 26.3 Å². The number of hydrogen-bond donors (Lipinski definition) is 0. The number of aryl methyl sites for hydroxylation is 2. The number of rotatable bonds is 7. The van der Waals surface area contributed by atoms with Gasteiger partial charge in [-0.25, -0.2) is 4.79 Å². The number of nitrogens with zero attached hydrogens (tertiary/aromatic N) is 2. The van der Waals surface area contributed by atoms with Gasteiger partial charge in [0.05, 0.1) is 12.2 Å². The molecule has 2 aromatic rings. The second-order valence-electron chi connectivity index (χ2n) is 4.62. The molecular formula is C16H18N2O3. The lowest BCUT2D eigenvalue weighted by Gasteiger charge is -2.02. The molecule has 0 aliphatic heterocycles. The molecular weight excluding hydrogens is 268 g/mol. The monoisotopic (exact) mass is 286 g/mol. The van der Waals surface area contributed by atoms with E-state index in [4.69, 9.17) is 4.74 Å². The van der Waals surface area contributed by atoms with Crippen LogP contribution in [0.2, 0.25) is 0 Å². The highest BCUT2D eigenvalue weighted by molar-refractivity contribution is 5.96. The molecule has 110 valence electrons. The van der Waals surface area contributed by atoms with Gasteiger partial charge < -0.3 is 4.74 Å². The first-order valence-electron chi connectivity index (χ1n) is 6.98. The Labute approximate surface area is 123 Å². The highest BCUT2D eigenvalue weighted by Crippen LogP contribution is 2.09. The zero-order valence-corrected chi connectivity index (χ0v) is 12.0. The Morgan fingerprint density at radius 1 is 1.33 bits per heavy atom. The van der Waals surface area contributed by atoms with Crippen LogP contribution in [0.3, 0.4) is 0 Å². The predicted molar refractivity (Wildman–Crippen MR) is 78.3 cm³/mol. The maximum absolute atomic E-state index is 11.7. The van der Waals surface area contributed by atoms with Crippen molar-refractivity contribution in [2.75, 3.05) is 6.61 Å². The van der Waals surface area contributed by atoms with Crippen LogP contribution in [0.25, 0.3) is 0 Å². The van der Waals surface area contributed by atoms with Crippen molar-refractivity contribution in [3.63, 3.8) is 0 Å². The number of esters is 1. The van der Waals surface area contributed by atoms with E-state index in [1.165, 1.54) is 5.56 Å². The second-order valence-corrected chi connectivity index (χ2v) is 4.62. The number of aldehydes is 1. The molecule has 0 bridgehead atoms. The average molecular weight is 286 g/mol. The van der Waals surface area contributed by atoms with Crippen LogP contribution in [-0.2, 0) is 17.7 Å². The van der Waals surface area contributed by atoms with Gasteiger partial charge in [0.2, 0.25) is 0 Å². The highest BCUT2D eigenvalue weighted by Gasteiger charge is 2.17. The van der Waals surface area contributed by atoms with Crippen molar-refractivity contribution in [1.82, 2.24) is 9.78 Å². The normalized spacial score (nSPS) is 10.3. The first kappa shape index (κ1) is 15.0. The van der Waals surface area contributed by atoms with Gasteiger partial charge in [0.1, 0.15) is 0 Å². The van der Waals surface area contributed by atoms with Gasteiger partial charge in [-0.15, -0.1) is 0 Å². The smallest absolute Gasteiger partial charge is 0.359 e. The molecule has 0 aliphatic carbocycles. The zero-order valence-electron chi connectivity index (χ0n) is 12.0. The van der Waals surface area contributed by atoms with E-state index in [1.807, 2.05) is 18.2 Å². The summed E-state index contributed by atoms with van der Waals surface area (Å²) in [4.78, 5) is 22.7. The topological polar surface area (TPSA) is 61.2 Å². The predicted octanol–water partition coefficient (Wildman–Crippen LogP) is 2.51. The molecule has 5 heteroatoms. The van der Waals surface area contributed by atoms with Crippen molar-refractivity contribution in [1.29, 1.82) is 0 Å². The summed E-state index contributed by atoms with van der Waals surface area (Å²) >= 11 is 0. The van der Waals surface area contributed by atoms with E-state index < -0.39 is 5.97 Å². The molecule has 0 saturated heterocycles. The van der Waals surface area contributed by atoms with E-state index in [2.05, 4.69) is 17.2 Å². The Morgan fingerprint density at radius 3 is 2.76 bits per heavy atom. The fourth-order valence-electron chi connectivity index (χ4n) is 2.09. The van der Waals surface area contributed by atoms with Gasteiger partial charge in [-0.05, 0) is 25.3 Å². The van der Waals surface area contributed by atoms with Crippen LogP contribution in [0.4, 0.5) is 0 Å². The van der Waals surface area contributed by atoms with E-state index in [0.717, 1.165) is 12.8 Å². The minimum Gasteiger partial charge on any atom is -0.461 e. The zero-order chi connectivity index (χ0) is 15.1. The molecule has 0 atom stereocenters. The number of benzene rings is 1. The number of ether oxygens (including phenoxy) is 1. The molecule has 0 fully saturated rings. The van der Waals surface area contributed by atoms with Gasteiger partial charge in [0.15, 0.2) is 12.0 Å². The first-order chi connectivity index (χ1) is 10.2. The van der Waals surface area contributed by atoms with Crippen LogP contribution < -0.4 is 0 Å². The Morgan fingerprint density at radius 2 is 2.10 bits per heavy atom. The summed E-state index contributed by atoms with van der Waals surface area (Å²) in [5.41, 5.74) is 1.62. The molecule has 21 heavy (non-hydrogen) atoms. The highest BCUT2D eigenvalue weighted by atomic mass is 16.5. The van der Waals surface area contributed by atoms with E-state index in [0.29, 0.717) is 12.8 Å². The van der Waals surface area contributed by atoms with Gasteiger partial charge in [-0.3, -0.25) is 9.48 Å². The summed E-state index contributed by atoms with van der Waals surface area (Å²) in [6.45, 7) is 2.63. The maximum atomic E-state index is 11.7. The largest absolute Gasteiger partial charge is 0.461 e. The number of carbonyl (C=O) groups is 2. The first-order valence-corrected chi connectivity index (χ1v) is 6.98. The number of hydrogen-bond acceptors (Lipinski definition) is 4. The average Bonchev–Trinajstić information content (AvgIpc) is 2.92. The number of aromatic nitrogens is 2. The lowest BCUT2D eigenvalue weighted by atomic mass is 10.1. The van der Waals surface area contributed by atoms with Gasteiger partial charge in [0.25, 0.3) is 0 Å². The van der Waals surface area contributed by atoms with Crippen LogP contribution >= 0.6 is 0 Å². The van der Waals surface area contributed by atoms with E-state index in [-0.39, 0.29) is 17.9 Å². The van der Waals surface area contributed by atoms with Gasteiger partial charge in [-0.1, -0.05) is 30.3 Å². The fraction of sp³-hybridized carbons (Fsp3) is 0.312. The van der Waals surface area contributed by atoms with Crippen LogP contribution in [0.1, 0.15) is 39.8 Å². The molecule has 1 heterocycles. The Kier molecular flexibility index (Phi) is 5.26. The van der Waals surface area contributed by atoms with Crippen LogP contribution in [0.5, 0.6) is 0 Å². The summed E-state index contributed by atoms with van der Waals surface area (Å²) in [5.74, 6) is -0.554. The van der Waals surface area contributed by atoms with E-state index in [1.54, 1.807) is 17.8 Å². The molecule has 0 radical (unpaired) electrons. The molecule has 0 saturated carbocycles. The minimum atomic E-state index is -0.554. The van der Waals surface area contributed by atoms with Crippen molar-refractivity contribution in [2.24, 2.45) is 0 Å². The Balaban J connectivity index is 1.97. The van der Waals surface area contributed by atoms with Crippen LogP contribution in [0.15, 0.2) is 36.5 Å². The molecule has 1 aromatic heterocycles. The minimum absolute atomic E-state index is 0.0894. The quantitative estimate of drug-likeness (QED) is 0.579. The standard InChI is InChI=1S/C16H18N2O3/c1-2-21-16(20)15-14(12-19)11-18(17-15)10-6-9-13-7-4-3-5-8-13/h3-5,7-8,11-12H,2,6,9-10H2,1H3. The molecule has 2 rings (SSSR count). The van der Waals surface area contributed by atoms with Crippen LogP contribution in [-0.4, -0.2) is 28.6 Å². The lowest BCUT2D eigenvalue weighted by molar-refractivity contribution is 0.0516. The third-order valence-electron chi connectivity index (χ3n) is 3.08.